The summed E-state index contributed by atoms with van der Waals surface area (Å²) < 4.78 is 0. The normalized spacial score (nSPS) is 23.1. The second-order valence-electron chi connectivity index (χ2n) is 5.88. The van der Waals surface area contributed by atoms with Crippen LogP contribution in [0.2, 0.25) is 0 Å². The van der Waals surface area contributed by atoms with Crippen LogP contribution in [-0.2, 0) is 14.4 Å². The zero-order valence-corrected chi connectivity index (χ0v) is 13.3. The van der Waals surface area contributed by atoms with Crippen molar-refractivity contribution in [2.75, 3.05) is 38.6 Å². The molecule has 2 heterocycles. The summed E-state index contributed by atoms with van der Waals surface area (Å²) >= 11 is 5.53. The lowest BCUT2D eigenvalue weighted by Gasteiger charge is -2.35. The molecule has 0 bridgehead atoms. The highest BCUT2D eigenvalue weighted by atomic mass is 35.5. The van der Waals surface area contributed by atoms with Gasteiger partial charge in [-0.25, -0.2) is 0 Å². The number of piperazine rings is 1. The SMILES string of the molecule is CC(C)N1CC(C(=O)N2CCN(C(=O)CCl)CC2)CC1=O. The topological polar surface area (TPSA) is 60.9 Å². The van der Waals surface area contributed by atoms with Crippen molar-refractivity contribution in [2.45, 2.75) is 26.3 Å². The van der Waals surface area contributed by atoms with Crippen molar-refractivity contribution in [3.63, 3.8) is 0 Å². The summed E-state index contributed by atoms with van der Waals surface area (Å²) in [5.74, 6) is -0.265. The van der Waals surface area contributed by atoms with E-state index in [-0.39, 0.29) is 35.6 Å². The molecular weight excluding hydrogens is 294 g/mol. The Bertz CT molecular complexity index is 433. The summed E-state index contributed by atoms with van der Waals surface area (Å²) in [5.41, 5.74) is 0. The molecule has 0 aromatic heterocycles. The van der Waals surface area contributed by atoms with Crippen LogP contribution in [0.15, 0.2) is 0 Å². The molecule has 2 aliphatic heterocycles. The molecule has 7 heteroatoms. The van der Waals surface area contributed by atoms with Gasteiger partial charge in [-0.15, -0.1) is 11.6 Å². The molecule has 2 rings (SSSR count). The molecule has 0 aromatic carbocycles. The predicted octanol–water partition coefficient (Wildman–Crippen LogP) is 0.153. The molecule has 1 unspecified atom stereocenters. The Labute approximate surface area is 130 Å². The van der Waals surface area contributed by atoms with E-state index in [0.29, 0.717) is 39.1 Å². The average molecular weight is 316 g/mol. The fourth-order valence-electron chi connectivity index (χ4n) is 2.91. The maximum Gasteiger partial charge on any atom is 0.237 e. The van der Waals surface area contributed by atoms with Gasteiger partial charge in [-0.05, 0) is 13.8 Å². The van der Waals surface area contributed by atoms with E-state index in [2.05, 4.69) is 0 Å². The molecule has 118 valence electrons. The molecule has 2 saturated heterocycles. The Hall–Kier alpha value is -1.30. The molecule has 2 aliphatic rings. The number of amides is 3. The first-order valence-electron chi connectivity index (χ1n) is 7.36. The maximum atomic E-state index is 12.5. The number of hydrogen-bond donors (Lipinski definition) is 0. The average Bonchev–Trinajstić information content (AvgIpc) is 2.88. The van der Waals surface area contributed by atoms with E-state index in [9.17, 15) is 14.4 Å². The summed E-state index contributed by atoms with van der Waals surface area (Å²) in [6.45, 7) is 6.51. The van der Waals surface area contributed by atoms with Crippen LogP contribution in [0.1, 0.15) is 20.3 Å². The van der Waals surface area contributed by atoms with Crippen molar-refractivity contribution in [1.82, 2.24) is 14.7 Å². The first-order chi connectivity index (χ1) is 9.93. The minimum absolute atomic E-state index is 0.0194. The highest BCUT2D eigenvalue weighted by Gasteiger charge is 2.38. The number of carbonyl (C=O) groups is 3. The van der Waals surface area contributed by atoms with Crippen LogP contribution in [-0.4, -0.2) is 77.1 Å². The zero-order chi connectivity index (χ0) is 15.6. The highest BCUT2D eigenvalue weighted by Crippen LogP contribution is 2.22. The van der Waals surface area contributed by atoms with Crippen LogP contribution in [0.5, 0.6) is 0 Å². The summed E-state index contributed by atoms with van der Waals surface area (Å²) in [4.78, 5) is 41.1. The van der Waals surface area contributed by atoms with Gasteiger partial charge in [0, 0.05) is 45.2 Å². The van der Waals surface area contributed by atoms with E-state index >= 15 is 0 Å². The van der Waals surface area contributed by atoms with Crippen molar-refractivity contribution < 1.29 is 14.4 Å². The molecule has 0 saturated carbocycles. The van der Waals surface area contributed by atoms with Crippen molar-refractivity contribution >= 4 is 29.3 Å². The van der Waals surface area contributed by atoms with Gasteiger partial charge in [0.25, 0.3) is 0 Å². The number of carbonyl (C=O) groups excluding carboxylic acids is 3. The van der Waals surface area contributed by atoms with Crippen LogP contribution >= 0.6 is 11.6 Å². The number of likely N-dealkylation sites (tertiary alicyclic amines) is 1. The minimum Gasteiger partial charge on any atom is -0.339 e. The van der Waals surface area contributed by atoms with Gasteiger partial charge in [0.05, 0.1) is 5.92 Å². The molecule has 6 nitrogen and oxygen atoms in total. The van der Waals surface area contributed by atoms with Gasteiger partial charge < -0.3 is 14.7 Å². The zero-order valence-electron chi connectivity index (χ0n) is 12.5. The Morgan fingerprint density at radius 1 is 1.19 bits per heavy atom. The standard InChI is InChI=1S/C14H22ClN3O3/c1-10(2)18-9-11(7-12(18)19)14(21)17-5-3-16(4-6-17)13(20)8-15/h10-11H,3-9H2,1-2H3. The maximum absolute atomic E-state index is 12.5. The molecule has 0 radical (unpaired) electrons. The van der Waals surface area contributed by atoms with Crippen LogP contribution < -0.4 is 0 Å². The third-order valence-corrected chi connectivity index (χ3v) is 4.42. The van der Waals surface area contributed by atoms with E-state index in [4.69, 9.17) is 11.6 Å². The summed E-state index contributed by atoms with van der Waals surface area (Å²) in [6, 6.07) is 0.133. The van der Waals surface area contributed by atoms with E-state index in [1.165, 1.54) is 0 Å². The van der Waals surface area contributed by atoms with Crippen molar-refractivity contribution in [1.29, 1.82) is 0 Å². The van der Waals surface area contributed by atoms with E-state index in [1.54, 1.807) is 14.7 Å². The van der Waals surface area contributed by atoms with Crippen LogP contribution in [0.25, 0.3) is 0 Å². The van der Waals surface area contributed by atoms with E-state index < -0.39 is 0 Å². The Balaban J connectivity index is 1.88. The number of halogens is 1. The van der Waals surface area contributed by atoms with Gasteiger partial charge in [0.15, 0.2) is 0 Å². The molecule has 0 aromatic rings. The summed E-state index contributed by atoms with van der Waals surface area (Å²) in [7, 11) is 0. The predicted molar refractivity (Wildman–Crippen MR) is 78.8 cm³/mol. The smallest absolute Gasteiger partial charge is 0.237 e. The lowest BCUT2D eigenvalue weighted by molar-refractivity contribution is -0.141. The fraction of sp³-hybridized carbons (Fsp3) is 0.786. The summed E-state index contributed by atoms with van der Waals surface area (Å²) in [6.07, 6.45) is 0.303. The molecule has 0 aliphatic carbocycles. The lowest BCUT2D eigenvalue weighted by Crippen LogP contribution is -2.52. The first kappa shape index (κ1) is 16.1. The third kappa shape index (κ3) is 3.48. The quantitative estimate of drug-likeness (QED) is 0.697. The minimum atomic E-state index is -0.241. The number of nitrogens with zero attached hydrogens (tertiary/aromatic N) is 3. The first-order valence-corrected chi connectivity index (χ1v) is 7.89. The number of rotatable bonds is 3. The Kier molecular flexibility index (Phi) is 5.08. The Morgan fingerprint density at radius 2 is 1.76 bits per heavy atom. The molecule has 2 fully saturated rings. The number of alkyl halides is 1. The summed E-state index contributed by atoms with van der Waals surface area (Å²) in [5, 5.41) is 0. The van der Waals surface area contributed by atoms with Crippen molar-refractivity contribution in [3.05, 3.63) is 0 Å². The van der Waals surface area contributed by atoms with E-state index in [0.717, 1.165) is 0 Å². The van der Waals surface area contributed by atoms with Gasteiger partial charge in [0.1, 0.15) is 5.88 Å². The van der Waals surface area contributed by atoms with E-state index in [1.807, 2.05) is 13.8 Å². The van der Waals surface area contributed by atoms with Gasteiger partial charge >= 0.3 is 0 Å². The molecule has 1 atom stereocenters. The second-order valence-corrected chi connectivity index (χ2v) is 6.15. The van der Waals surface area contributed by atoms with Crippen molar-refractivity contribution in [2.24, 2.45) is 5.92 Å². The van der Waals surface area contributed by atoms with Gasteiger partial charge in [-0.1, -0.05) is 0 Å². The third-order valence-electron chi connectivity index (χ3n) is 4.19. The molecule has 3 amide bonds. The number of hydrogen-bond acceptors (Lipinski definition) is 3. The van der Waals surface area contributed by atoms with Crippen molar-refractivity contribution in [3.8, 4) is 0 Å². The van der Waals surface area contributed by atoms with Crippen LogP contribution in [0, 0.1) is 5.92 Å². The van der Waals surface area contributed by atoms with Gasteiger partial charge in [-0.3, -0.25) is 14.4 Å². The fourth-order valence-corrected chi connectivity index (χ4v) is 3.08. The van der Waals surface area contributed by atoms with Gasteiger partial charge in [-0.2, -0.15) is 0 Å². The second kappa shape index (κ2) is 6.64. The van der Waals surface area contributed by atoms with Crippen LogP contribution in [0.4, 0.5) is 0 Å². The monoisotopic (exact) mass is 315 g/mol. The largest absolute Gasteiger partial charge is 0.339 e. The molecule has 21 heavy (non-hydrogen) atoms. The van der Waals surface area contributed by atoms with Crippen LogP contribution in [0.3, 0.4) is 0 Å². The molecule has 0 N–H and O–H groups in total. The highest BCUT2D eigenvalue weighted by molar-refractivity contribution is 6.27. The molecule has 0 spiro atoms. The lowest BCUT2D eigenvalue weighted by atomic mass is 10.1. The Morgan fingerprint density at radius 3 is 2.24 bits per heavy atom. The van der Waals surface area contributed by atoms with Gasteiger partial charge in [0.2, 0.25) is 17.7 Å². The molecular formula is C14H22ClN3O3.